The van der Waals surface area contributed by atoms with Gasteiger partial charge in [0.05, 0.1) is 0 Å². The Balaban J connectivity index is 1.68. The number of carbonyl (C=O) groups is 3. The van der Waals surface area contributed by atoms with E-state index in [1.54, 1.807) is 0 Å². The molecule has 4 rings (SSSR count). The fourth-order valence-corrected chi connectivity index (χ4v) is 6.72. The second-order valence-electron chi connectivity index (χ2n) is 8.72. The minimum atomic E-state index is -0.141. The highest BCUT2D eigenvalue weighted by Gasteiger charge is 2.61. The first-order valence-corrected chi connectivity index (χ1v) is 8.98. The van der Waals surface area contributed by atoms with Crippen molar-refractivity contribution in [2.45, 2.75) is 65.2 Å². The van der Waals surface area contributed by atoms with Crippen LogP contribution < -0.4 is 0 Å². The van der Waals surface area contributed by atoms with Crippen LogP contribution in [-0.4, -0.2) is 17.3 Å². The van der Waals surface area contributed by atoms with Crippen molar-refractivity contribution in [3.8, 4) is 0 Å². The number of carbonyl (C=O) groups excluding carboxylic acids is 3. The topological polar surface area (TPSA) is 51.2 Å². The SMILES string of the molecule is C[C@]12CCC(=O)C(=O)C1CC[C@@H]1[C@H]2CC[C@]2(C)C(=O)CC[C@@H]12. The molecule has 6 atom stereocenters. The summed E-state index contributed by atoms with van der Waals surface area (Å²) >= 11 is 0. The molecule has 3 heteroatoms. The highest BCUT2D eigenvalue weighted by Crippen LogP contribution is 2.64. The maximum Gasteiger partial charge on any atom is 0.201 e. The molecule has 0 amide bonds. The number of rotatable bonds is 0. The van der Waals surface area contributed by atoms with Crippen molar-refractivity contribution in [2.75, 3.05) is 0 Å². The normalized spacial score (nSPS) is 51.3. The van der Waals surface area contributed by atoms with Crippen LogP contribution in [0.2, 0.25) is 0 Å². The Morgan fingerprint density at radius 1 is 0.864 bits per heavy atom. The molecule has 22 heavy (non-hydrogen) atoms. The number of hydrogen-bond donors (Lipinski definition) is 0. The smallest absolute Gasteiger partial charge is 0.201 e. The van der Waals surface area contributed by atoms with Crippen LogP contribution in [0.4, 0.5) is 0 Å². The fourth-order valence-electron chi connectivity index (χ4n) is 6.72. The molecule has 4 saturated carbocycles. The van der Waals surface area contributed by atoms with Gasteiger partial charge in [-0.05, 0) is 61.7 Å². The Kier molecular flexibility index (Phi) is 3.00. The van der Waals surface area contributed by atoms with E-state index >= 15 is 0 Å². The summed E-state index contributed by atoms with van der Waals surface area (Å²) in [4.78, 5) is 36.6. The second-order valence-corrected chi connectivity index (χ2v) is 8.72. The third-order valence-corrected chi connectivity index (χ3v) is 8.06. The van der Waals surface area contributed by atoms with Gasteiger partial charge in [0.25, 0.3) is 0 Å². The lowest BCUT2D eigenvalue weighted by molar-refractivity contribution is -0.158. The second kappa shape index (κ2) is 4.52. The van der Waals surface area contributed by atoms with Crippen LogP contribution in [0.3, 0.4) is 0 Å². The number of ketones is 3. The quantitative estimate of drug-likeness (QED) is 0.645. The molecule has 0 saturated heterocycles. The fraction of sp³-hybridized carbons (Fsp3) is 0.842. The summed E-state index contributed by atoms with van der Waals surface area (Å²) in [5.41, 5.74) is -0.0975. The molecule has 4 aliphatic carbocycles. The molecule has 0 aliphatic heterocycles. The predicted octanol–water partition coefficient (Wildman–Crippen LogP) is 3.35. The lowest BCUT2D eigenvalue weighted by Gasteiger charge is -2.58. The molecule has 4 aliphatic rings. The summed E-state index contributed by atoms with van der Waals surface area (Å²) in [5, 5.41) is 0. The summed E-state index contributed by atoms with van der Waals surface area (Å²) in [6.45, 7) is 4.45. The van der Waals surface area contributed by atoms with E-state index in [2.05, 4.69) is 13.8 Å². The maximum atomic E-state index is 12.4. The minimum absolute atomic E-state index is 0.000871. The van der Waals surface area contributed by atoms with Gasteiger partial charge in [-0.25, -0.2) is 0 Å². The molecule has 3 nitrogen and oxygen atoms in total. The molecule has 1 unspecified atom stereocenters. The van der Waals surface area contributed by atoms with Gasteiger partial charge in [-0.2, -0.15) is 0 Å². The summed E-state index contributed by atoms with van der Waals surface area (Å²) in [5.74, 6) is 1.83. The van der Waals surface area contributed by atoms with Gasteiger partial charge in [-0.15, -0.1) is 0 Å². The van der Waals surface area contributed by atoms with Crippen molar-refractivity contribution in [3.63, 3.8) is 0 Å². The molecule has 120 valence electrons. The van der Waals surface area contributed by atoms with Gasteiger partial charge in [0.1, 0.15) is 5.78 Å². The first-order chi connectivity index (χ1) is 10.4. The zero-order valence-electron chi connectivity index (χ0n) is 13.7. The average molecular weight is 302 g/mol. The van der Waals surface area contributed by atoms with Crippen molar-refractivity contribution >= 4 is 17.3 Å². The Hall–Kier alpha value is -0.990. The summed E-state index contributed by atoms with van der Waals surface area (Å²) < 4.78 is 0. The Morgan fingerprint density at radius 2 is 1.64 bits per heavy atom. The minimum Gasteiger partial charge on any atom is -0.299 e. The van der Waals surface area contributed by atoms with Gasteiger partial charge in [-0.3, -0.25) is 14.4 Å². The van der Waals surface area contributed by atoms with Crippen LogP contribution in [0.25, 0.3) is 0 Å². The van der Waals surface area contributed by atoms with Crippen molar-refractivity contribution in [1.82, 2.24) is 0 Å². The summed E-state index contributed by atoms with van der Waals surface area (Å²) in [6, 6.07) is 0. The van der Waals surface area contributed by atoms with E-state index in [0.717, 1.165) is 44.9 Å². The van der Waals surface area contributed by atoms with Crippen LogP contribution in [0.15, 0.2) is 0 Å². The third-order valence-electron chi connectivity index (χ3n) is 8.06. The Bertz CT molecular complexity index is 565. The van der Waals surface area contributed by atoms with Crippen LogP contribution in [0.5, 0.6) is 0 Å². The van der Waals surface area contributed by atoms with E-state index in [-0.39, 0.29) is 28.3 Å². The molecule has 0 spiro atoms. The van der Waals surface area contributed by atoms with Crippen LogP contribution in [-0.2, 0) is 14.4 Å². The molecule has 4 fully saturated rings. The predicted molar refractivity (Wildman–Crippen MR) is 82.1 cm³/mol. The van der Waals surface area contributed by atoms with Gasteiger partial charge in [0.15, 0.2) is 5.78 Å². The first kappa shape index (κ1) is 14.6. The highest BCUT2D eigenvalue weighted by atomic mass is 16.2. The largest absolute Gasteiger partial charge is 0.299 e. The number of Topliss-reactive ketones (excluding diaryl/α,β-unsaturated/α-hetero) is 3. The maximum absolute atomic E-state index is 12.4. The molecule has 0 aromatic rings. The first-order valence-electron chi connectivity index (χ1n) is 8.98. The van der Waals surface area contributed by atoms with Gasteiger partial charge in [-0.1, -0.05) is 13.8 Å². The van der Waals surface area contributed by atoms with Gasteiger partial charge in [0, 0.05) is 24.2 Å². The van der Waals surface area contributed by atoms with E-state index in [1.807, 2.05) is 0 Å². The molecule has 0 heterocycles. The third kappa shape index (κ3) is 1.66. The van der Waals surface area contributed by atoms with Crippen molar-refractivity contribution in [2.24, 2.45) is 34.5 Å². The molecule has 0 radical (unpaired) electrons. The monoisotopic (exact) mass is 302 g/mol. The van der Waals surface area contributed by atoms with Gasteiger partial charge >= 0.3 is 0 Å². The molecule has 0 N–H and O–H groups in total. The summed E-state index contributed by atoms with van der Waals surface area (Å²) in [7, 11) is 0. The van der Waals surface area contributed by atoms with E-state index in [9.17, 15) is 14.4 Å². The van der Waals surface area contributed by atoms with E-state index in [4.69, 9.17) is 0 Å². The molecule has 0 aromatic carbocycles. The molecular weight excluding hydrogens is 276 g/mol. The van der Waals surface area contributed by atoms with Crippen molar-refractivity contribution in [1.29, 1.82) is 0 Å². The Labute approximate surface area is 132 Å². The Morgan fingerprint density at radius 3 is 2.41 bits per heavy atom. The van der Waals surface area contributed by atoms with E-state index < -0.39 is 0 Å². The average Bonchev–Trinajstić information content (AvgIpc) is 2.79. The number of hydrogen-bond acceptors (Lipinski definition) is 3. The zero-order chi connectivity index (χ0) is 15.7. The van der Waals surface area contributed by atoms with E-state index in [0.29, 0.717) is 30.0 Å². The van der Waals surface area contributed by atoms with E-state index in [1.165, 1.54) is 0 Å². The zero-order valence-corrected chi connectivity index (χ0v) is 13.7. The number of fused-ring (bicyclic) bond motifs is 5. The lowest BCUT2D eigenvalue weighted by Crippen LogP contribution is -2.56. The lowest BCUT2D eigenvalue weighted by atomic mass is 9.45. The molecular formula is C19H26O3. The molecule has 0 aromatic heterocycles. The van der Waals surface area contributed by atoms with Crippen molar-refractivity contribution in [3.05, 3.63) is 0 Å². The summed E-state index contributed by atoms with van der Waals surface area (Å²) in [6.07, 6.45) is 7.07. The van der Waals surface area contributed by atoms with Crippen LogP contribution in [0.1, 0.15) is 65.2 Å². The van der Waals surface area contributed by atoms with Crippen molar-refractivity contribution < 1.29 is 14.4 Å². The highest BCUT2D eigenvalue weighted by molar-refractivity contribution is 6.38. The standard InChI is InChI=1S/C19H26O3/c1-18-10-8-15(20)17(22)14(18)4-3-11-12-5-6-16(21)19(12,2)9-7-13(11)18/h11-14H,3-10H2,1-2H3/t11-,12-,13+,14?,18+,19-/m0/s1. The van der Waals surface area contributed by atoms with Gasteiger partial charge < -0.3 is 0 Å². The van der Waals surface area contributed by atoms with Crippen LogP contribution >= 0.6 is 0 Å². The van der Waals surface area contributed by atoms with Crippen LogP contribution in [0, 0.1) is 34.5 Å². The van der Waals surface area contributed by atoms with Gasteiger partial charge in [0.2, 0.25) is 5.78 Å². The molecule has 0 bridgehead atoms.